The van der Waals surface area contributed by atoms with Crippen molar-refractivity contribution in [1.29, 1.82) is 0 Å². The van der Waals surface area contributed by atoms with Crippen LogP contribution >= 0.6 is 0 Å². The van der Waals surface area contributed by atoms with E-state index < -0.39 is 0 Å². The molecule has 6 nitrogen and oxygen atoms in total. The van der Waals surface area contributed by atoms with Gasteiger partial charge >= 0.3 is 0 Å². The molecule has 0 atom stereocenters. The Bertz CT molecular complexity index is 913. The fourth-order valence-electron chi connectivity index (χ4n) is 3.10. The zero-order valence-corrected chi connectivity index (χ0v) is 13.9. The maximum absolute atomic E-state index is 13.0. The minimum Gasteiger partial charge on any atom is -0.368 e. The Morgan fingerprint density at radius 1 is 1.04 bits per heavy atom. The van der Waals surface area contributed by atoms with Crippen molar-refractivity contribution in [2.75, 3.05) is 31.1 Å². The summed E-state index contributed by atoms with van der Waals surface area (Å²) >= 11 is 0. The van der Waals surface area contributed by atoms with E-state index in [-0.39, 0.29) is 11.7 Å². The summed E-state index contributed by atoms with van der Waals surface area (Å²) < 4.78 is 14.7. The van der Waals surface area contributed by atoms with E-state index in [0.29, 0.717) is 31.9 Å². The highest BCUT2D eigenvalue weighted by molar-refractivity contribution is 5.92. The van der Waals surface area contributed by atoms with Gasteiger partial charge in [-0.3, -0.25) is 4.79 Å². The molecule has 0 bridgehead atoms. The minimum absolute atomic E-state index is 0.0768. The van der Waals surface area contributed by atoms with Crippen LogP contribution in [-0.2, 0) is 0 Å². The highest BCUT2D eigenvalue weighted by Gasteiger charge is 2.23. The van der Waals surface area contributed by atoms with Crippen molar-refractivity contribution in [3.63, 3.8) is 0 Å². The van der Waals surface area contributed by atoms with E-state index in [1.165, 1.54) is 12.1 Å². The van der Waals surface area contributed by atoms with Crippen LogP contribution in [0.1, 0.15) is 16.2 Å². The maximum Gasteiger partial charge on any atom is 0.274 e. The molecular formula is C18H18FN5O. The number of benzene rings is 1. The first-order chi connectivity index (χ1) is 12.1. The Labute approximate surface area is 144 Å². The Balaban J connectivity index is 1.45. The molecule has 0 aliphatic carbocycles. The monoisotopic (exact) mass is 339 g/mol. The molecule has 1 fully saturated rings. The summed E-state index contributed by atoms with van der Waals surface area (Å²) in [6.07, 6.45) is 1.80. The standard InChI is InChI=1S/C18H18FN5O/c1-13-12-24-17(20-13)7-6-16(21-24)18(25)23-10-8-22(9-11-23)15-4-2-14(19)3-5-15/h2-7,12H,8-11H2,1H3. The molecule has 1 aromatic carbocycles. The van der Waals surface area contributed by atoms with Gasteiger partial charge in [0.2, 0.25) is 0 Å². The van der Waals surface area contributed by atoms with Crippen molar-refractivity contribution < 1.29 is 9.18 Å². The van der Waals surface area contributed by atoms with Gasteiger partial charge in [0.15, 0.2) is 5.65 Å². The number of imidazole rings is 1. The molecule has 128 valence electrons. The van der Waals surface area contributed by atoms with E-state index in [4.69, 9.17) is 0 Å². The fraction of sp³-hybridized carbons (Fsp3) is 0.278. The lowest BCUT2D eigenvalue weighted by molar-refractivity contribution is 0.0739. The third kappa shape index (κ3) is 3.05. The van der Waals surface area contributed by atoms with Crippen molar-refractivity contribution in [3.05, 3.63) is 59.8 Å². The van der Waals surface area contributed by atoms with Gasteiger partial charge in [-0.25, -0.2) is 13.9 Å². The lowest BCUT2D eigenvalue weighted by Gasteiger charge is -2.35. The number of rotatable bonds is 2. The van der Waals surface area contributed by atoms with Crippen molar-refractivity contribution in [2.45, 2.75) is 6.92 Å². The number of anilines is 1. The molecule has 7 heteroatoms. The van der Waals surface area contributed by atoms with Gasteiger partial charge in [-0.15, -0.1) is 0 Å². The number of amides is 1. The molecule has 3 heterocycles. The van der Waals surface area contributed by atoms with Crippen LogP contribution in [0.3, 0.4) is 0 Å². The highest BCUT2D eigenvalue weighted by atomic mass is 19.1. The molecule has 2 aromatic heterocycles. The SMILES string of the molecule is Cc1cn2nc(C(=O)N3CCN(c4ccc(F)cc4)CC3)ccc2n1. The number of piperazine rings is 1. The molecule has 0 N–H and O–H groups in total. The van der Waals surface area contributed by atoms with Crippen LogP contribution in [0.5, 0.6) is 0 Å². The van der Waals surface area contributed by atoms with Gasteiger partial charge in [0.05, 0.1) is 11.9 Å². The molecule has 3 aromatic rings. The van der Waals surface area contributed by atoms with Crippen LogP contribution in [0.25, 0.3) is 5.65 Å². The second-order valence-corrected chi connectivity index (χ2v) is 6.16. The number of carbonyl (C=O) groups excluding carboxylic acids is 1. The van der Waals surface area contributed by atoms with Crippen LogP contribution in [0, 0.1) is 12.7 Å². The van der Waals surface area contributed by atoms with Gasteiger partial charge < -0.3 is 9.80 Å². The van der Waals surface area contributed by atoms with Gasteiger partial charge in [0.25, 0.3) is 5.91 Å². The first-order valence-electron chi connectivity index (χ1n) is 8.23. The predicted octanol–water partition coefficient (Wildman–Crippen LogP) is 2.14. The second kappa shape index (κ2) is 6.16. The van der Waals surface area contributed by atoms with E-state index >= 15 is 0 Å². The molecule has 0 spiro atoms. The molecule has 4 rings (SSSR count). The van der Waals surface area contributed by atoms with Crippen molar-refractivity contribution in [3.8, 4) is 0 Å². The highest BCUT2D eigenvalue weighted by Crippen LogP contribution is 2.17. The molecule has 1 aliphatic rings. The predicted molar refractivity (Wildman–Crippen MR) is 92.2 cm³/mol. The third-order valence-electron chi connectivity index (χ3n) is 4.42. The van der Waals surface area contributed by atoms with Crippen LogP contribution in [0.4, 0.5) is 10.1 Å². The number of hydrogen-bond donors (Lipinski definition) is 0. The number of fused-ring (bicyclic) bond motifs is 1. The number of aryl methyl sites for hydroxylation is 1. The molecule has 25 heavy (non-hydrogen) atoms. The second-order valence-electron chi connectivity index (χ2n) is 6.16. The summed E-state index contributed by atoms with van der Waals surface area (Å²) in [7, 11) is 0. The summed E-state index contributed by atoms with van der Waals surface area (Å²) in [6.45, 7) is 4.54. The van der Waals surface area contributed by atoms with Gasteiger partial charge in [-0.1, -0.05) is 0 Å². The Kier molecular flexibility index (Phi) is 3.83. The van der Waals surface area contributed by atoms with Gasteiger partial charge in [0, 0.05) is 31.9 Å². The summed E-state index contributed by atoms with van der Waals surface area (Å²) in [4.78, 5) is 21.0. The normalized spacial score (nSPS) is 15.0. The van der Waals surface area contributed by atoms with Crippen molar-refractivity contribution in [1.82, 2.24) is 19.5 Å². The van der Waals surface area contributed by atoms with Crippen LogP contribution in [0.15, 0.2) is 42.6 Å². The average Bonchev–Trinajstić information content (AvgIpc) is 3.01. The molecule has 0 unspecified atom stereocenters. The Morgan fingerprint density at radius 2 is 1.76 bits per heavy atom. The summed E-state index contributed by atoms with van der Waals surface area (Å²) in [5.74, 6) is -0.319. The first kappa shape index (κ1) is 15.6. The van der Waals surface area contributed by atoms with Crippen molar-refractivity contribution >= 4 is 17.2 Å². The molecule has 0 radical (unpaired) electrons. The average molecular weight is 339 g/mol. The van der Waals surface area contributed by atoms with E-state index in [0.717, 1.165) is 17.0 Å². The largest absolute Gasteiger partial charge is 0.368 e. The zero-order valence-electron chi connectivity index (χ0n) is 13.9. The molecular weight excluding hydrogens is 321 g/mol. The summed E-state index contributed by atoms with van der Waals surface area (Å²) in [5.41, 5.74) is 2.99. The number of hydrogen-bond acceptors (Lipinski definition) is 4. The minimum atomic E-state index is -0.242. The smallest absolute Gasteiger partial charge is 0.274 e. The Morgan fingerprint density at radius 3 is 2.48 bits per heavy atom. The summed E-state index contributed by atoms with van der Waals surface area (Å²) in [5, 5.41) is 4.37. The van der Waals surface area contributed by atoms with Crippen LogP contribution < -0.4 is 4.90 Å². The Hall–Kier alpha value is -2.96. The topological polar surface area (TPSA) is 53.7 Å². The third-order valence-corrected chi connectivity index (χ3v) is 4.42. The quantitative estimate of drug-likeness (QED) is 0.718. The number of nitrogens with zero attached hydrogens (tertiary/aromatic N) is 5. The molecule has 0 saturated carbocycles. The van der Waals surface area contributed by atoms with E-state index in [2.05, 4.69) is 15.0 Å². The summed E-state index contributed by atoms with van der Waals surface area (Å²) in [6, 6.07) is 9.98. The zero-order chi connectivity index (χ0) is 17.4. The van der Waals surface area contributed by atoms with Crippen LogP contribution in [0.2, 0.25) is 0 Å². The van der Waals surface area contributed by atoms with Crippen LogP contribution in [-0.4, -0.2) is 51.6 Å². The lowest BCUT2D eigenvalue weighted by atomic mass is 10.2. The molecule has 1 amide bonds. The maximum atomic E-state index is 13.0. The van der Waals surface area contributed by atoms with Gasteiger partial charge in [0.1, 0.15) is 11.5 Å². The fourth-order valence-corrected chi connectivity index (χ4v) is 3.10. The van der Waals surface area contributed by atoms with E-state index in [1.807, 2.05) is 13.0 Å². The molecule has 1 aliphatic heterocycles. The lowest BCUT2D eigenvalue weighted by Crippen LogP contribution is -2.49. The molecule has 1 saturated heterocycles. The number of aromatic nitrogens is 3. The van der Waals surface area contributed by atoms with Gasteiger partial charge in [-0.05, 0) is 43.3 Å². The van der Waals surface area contributed by atoms with Crippen molar-refractivity contribution in [2.24, 2.45) is 0 Å². The number of carbonyl (C=O) groups is 1. The van der Waals surface area contributed by atoms with E-state index in [9.17, 15) is 9.18 Å². The van der Waals surface area contributed by atoms with E-state index in [1.54, 1.807) is 33.8 Å². The number of halogens is 1. The first-order valence-corrected chi connectivity index (χ1v) is 8.23. The van der Waals surface area contributed by atoms with Gasteiger partial charge in [-0.2, -0.15) is 5.10 Å².